The minimum atomic E-state index is 0.760. The van der Waals surface area contributed by atoms with Gasteiger partial charge in [-0.2, -0.15) is 0 Å². The van der Waals surface area contributed by atoms with E-state index in [1.807, 2.05) is 44.2 Å². The molecule has 0 saturated heterocycles. The second-order valence-electron chi connectivity index (χ2n) is 1.58. The molecule has 0 fully saturated rings. The summed E-state index contributed by atoms with van der Waals surface area (Å²) in [5.41, 5.74) is 0. The third-order valence-corrected chi connectivity index (χ3v) is 1.03. The van der Waals surface area contributed by atoms with E-state index in [1.165, 1.54) is 0 Å². The van der Waals surface area contributed by atoms with Crippen LogP contribution in [0, 0.1) is 0 Å². The van der Waals surface area contributed by atoms with Crippen molar-refractivity contribution in [2.75, 3.05) is 0 Å². The van der Waals surface area contributed by atoms with Crippen molar-refractivity contribution in [2.24, 2.45) is 0 Å². The lowest BCUT2D eigenvalue weighted by Gasteiger charge is -1.80. The summed E-state index contributed by atoms with van der Waals surface area (Å²) in [7, 11) is 0. The van der Waals surface area contributed by atoms with Crippen LogP contribution in [0.4, 0.5) is 0 Å². The fraction of sp³-hybridized carbons (Fsp3) is 0.250. The first-order valence-electron chi connectivity index (χ1n) is 2.92. The van der Waals surface area contributed by atoms with Gasteiger partial charge < -0.3 is 0 Å². The highest BCUT2D eigenvalue weighted by molar-refractivity contribution is 6.31. The lowest BCUT2D eigenvalue weighted by atomic mass is 10.4. The quantitative estimate of drug-likeness (QED) is 0.520. The fourth-order valence-electron chi connectivity index (χ4n) is 0.403. The molecular weight excluding hydrogens is 132 g/mol. The molecule has 0 aliphatic rings. The van der Waals surface area contributed by atoms with E-state index in [-0.39, 0.29) is 0 Å². The van der Waals surface area contributed by atoms with E-state index in [0.29, 0.717) is 0 Å². The Kier molecular flexibility index (Phi) is 5.34. The van der Waals surface area contributed by atoms with Gasteiger partial charge in [0.05, 0.1) is 0 Å². The molecule has 0 bridgehead atoms. The molecule has 0 aliphatic heterocycles. The van der Waals surface area contributed by atoms with Crippen molar-refractivity contribution in [1.29, 1.82) is 0 Å². The third kappa shape index (κ3) is 5.38. The Morgan fingerprint density at radius 1 is 1.22 bits per heavy atom. The summed E-state index contributed by atoms with van der Waals surface area (Å²) in [6, 6.07) is 0. The molecular formula is C8H11Cl. The van der Waals surface area contributed by atoms with Crippen molar-refractivity contribution in [1.82, 2.24) is 0 Å². The van der Waals surface area contributed by atoms with Crippen LogP contribution in [-0.2, 0) is 0 Å². The Morgan fingerprint density at radius 2 is 1.89 bits per heavy atom. The highest BCUT2D eigenvalue weighted by atomic mass is 35.5. The Bertz CT molecular complexity index is 141. The molecule has 1 heteroatoms. The number of hydrogen-bond acceptors (Lipinski definition) is 0. The van der Waals surface area contributed by atoms with Gasteiger partial charge in [0.25, 0.3) is 0 Å². The Morgan fingerprint density at radius 3 is 2.33 bits per heavy atom. The third-order valence-electron chi connectivity index (χ3n) is 0.774. The van der Waals surface area contributed by atoms with E-state index in [1.54, 1.807) is 0 Å². The summed E-state index contributed by atoms with van der Waals surface area (Å²) < 4.78 is 0. The standard InChI is InChI=1S/C8H11Cl/c1-3-5-7-8(9)6-4-2/h3-7H,1-2H3/b5-3-,6-4-,8-7+. The summed E-state index contributed by atoms with van der Waals surface area (Å²) in [4.78, 5) is 0. The van der Waals surface area contributed by atoms with Gasteiger partial charge in [-0.3, -0.25) is 0 Å². The smallest absolute Gasteiger partial charge is 0.0402 e. The predicted octanol–water partition coefficient (Wildman–Crippen LogP) is 3.26. The topological polar surface area (TPSA) is 0 Å². The van der Waals surface area contributed by atoms with Crippen LogP contribution < -0.4 is 0 Å². The van der Waals surface area contributed by atoms with Crippen molar-refractivity contribution in [3.63, 3.8) is 0 Å². The summed E-state index contributed by atoms with van der Waals surface area (Å²) in [5.74, 6) is 0. The predicted molar refractivity (Wildman–Crippen MR) is 43.6 cm³/mol. The van der Waals surface area contributed by atoms with Gasteiger partial charge in [-0.05, 0) is 26.0 Å². The van der Waals surface area contributed by atoms with E-state index in [9.17, 15) is 0 Å². The molecule has 0 heterocycles. The van der Waals surface area contributed by atoms with Gasteiger partial charge in [-0.25, -0.2) is 0 Å². The van der Waals surface area contributed by atoms with Crippen LogP contribution in [0.3, 0.4) is 0 Å². The second-order valence-corrected chi connectivity index (χ2v) is 2.01. The molecule has 0 atom stereocenters. The van der Waals surface area contributed by atoms with Crippen LogP contribution in [0.25, 0.3) is 0 Å². The number of allylic oxidation sites excluding steroid dienone is 6. The van der Waals surface area contributed by atoms with E-state index in [4.69, 9.17) is 11.6 Å². The molecule has 0 N–H and O–H groups in total. The lowest BCUT2D eigenvalue weighted by molar-refractivity contribution is 1.68. The van der Waals surface area contributed by atoms with Crippen LogP contribution in [0.5, 0.6) is 0 Å². The average Bonchev–Trinajstić information content (AvgIpc) is 1.85. The van der Waals surface area contributed by atoms with Gasteiger partial charge in [0.15, 0.2) is 0 Å². The van der Waals surface area contributed by atoms with Gasteiger partial charge in [0.2, 0.25) is 0 Å². The SMILES string of the molecule is C\C=C/C=C(Cl)\C=C/C. The summed E-state index contributed by atoms with van der Waals surface area (Å²) in [6.07, 6.45) is 9.44. The minimum Gasteiger partial charge on any atom is -0.0876 e. The summed E-state index contributed by atoms with van der Waals surface area (Å²) >= 11 is 5.68. The van der Waals surface area contributed by atoms with E-state index in [2.05, 4.69) is 0 Å². The number of halogens is 1. The maximum Gasteiger partial charge on any atom is 0.0402 e. The fourth-order valence-corrected chi connectivity index (χ4v) is 0.602. The van der Waals surface area contributed by atoms with Gasteiger partial charge in [0, 0.05) is 5.03 Å². The lowest BCUT2D eigenvalue weighted by Crippen LogP contribution is -1.58. The zero-order chi connectivity index (χ0) is 7.11. The van der Waals surface area contributed by atoms with Crippen molar-refractivity contribution >= 4 is 11.6 Å². The summed E-state index contributed by atoms with van der Waals surface area (Å²) in [5, 5.41) is 0.760. The van der Waals surface area contributed by atoms with E-state index >= 15 is 0 Å². The van der Waals surface area contributed by atoms with E-state index < -0.39 is 0 Å². The molecule has 0 aromatic heterocycles. The Labute approximate surface area is 61.5 Å². The first kappa shape index (κ1) is 8.51. The molecule has 0 spiro atoms. The van der Waals surface area contributed by atoms with Gasteiger partial charge in [-0.15, -0.1) is 0 Å². The molecule has 0 aromatic carbocycles. The molecule has 0 radical (unpaired) electrons. The molecule has 0 unspecified atom stereocenters. The average molecular weight is 143 g/mol. The van der Waals surface area contributed by atoms with Crippen LogP contribution in [-0.4, -0.2) is 0 Å². The Hall–Kier alpha value is -0.490. The van der Waals surface area contributed by atoms with Gasteiger partial charge in [0.1, 0.15) is 0 Å². The largest absolute Gasteiger partial charge is 0.0876 e. The normalized spacial score (nSPS) is 13.9. The molecule has 50 valence electrons. The van der Waals surface area contributed by atoms with Crippen LogP contribution >= 0.6 is 11.6 Å². The maximum atomic E-state index is 5.68. The van der Waals surface area contributed by atoms with Gasteiger partial charge in [-0.1, -0.05) is 29.8 Å². The highest BCUT2D eigenvalue weighted by Gasteiger charge is 1.76. The molecule has 0 nitrogen and oxygen atoms in total. The monoisotopic (exact) mass is 142 g/mol. The molecule has 0 amide bonds. The summed E-state index contributed by atoms with van der Waals surface area (Å²) in [6.45, 7) is 3.89. The van der Waals surface area contributed by atoms with E-state index in [0.717, 1.165) is 5.03 Å². The first-order valence-corrected chi connectivity index (χ1v) is 3.30. The molecule has 0 aliphatic carbocycles. The van der Waals surface area contributed by atoms with Crippen molar-refractivity contribution in [2.45, 2.75) is 13.8 Å². The molecule has 0 rings (SSSR count). The zero-order valence-corrected chi connectivity index (χ0v) is 6.52. The minimum absolute atomic E-state index is 0.760. The maximum absolute atomic E-state index is 5.68. The van der Waals surface area contributed by atoms with Crippen LogP contribution in [0.2, 0.25) is 0 Å². The molecule has 9 heavy (non-hydrogen) atoms. The van der Waals surface area contributed by atoms with Crippen molar-refractivity contribution in [3.05, 3.63) is 35.4 Å². The Balaban J connectivity index is 3.84. The van der Waals surface area contributed by atoms with Crippen molar-refractivity contribution < 1.29 is 0 Å². The molecule has 0 saturated carbocycles. The number of rotatable bonds is 2. The van der Waals surface area contributed by atoms with Gasteiger partial charge >= 0.3 is 0 Å². The molecule has 0 aromatic rings. The van der Waals surface area contributed by atoms with Crippen LogP contribution in [0.15, 0.2) is 35.4 Å². The van der Waals surface area contributed by atoms with Crippen LogP contribution in [0.1, 0.15) is 13.8 Å². The zero-order valence-electron chi connectivity index (χ0n) is 5.76. The van der Waals surface area contributed by atoms with Crippen molar-refractivity contribution in [3.8, 4) is 0 Å². The second kappa shape index (κ2) is 5.64. The highest BCUT2D eigenvalue weighted by Crippen LogP contribution is 2.02. The number of hydrogen-bond donors (Lipinski definition) is 0. The first-order chi connectivity index (χ1) is 4.31.